The molecule has 0 saturated carbocycles. The van der Waals surface area contributed by atoms with Crippen molar-refractivity contribution in [1.29, 1.82) is 0 Å². The summed E-state index contributed by atoms with van der Waals surface area (Å²) >= 11 is 0. The fourth-order valence-corrected chi connectivity index (χ4v) is 4.47. The van der Waals surface area contributed by atoms with Gasteiger partial charge in [0.2, 0.25) is 15.9 Å². The topological polar surface area (TPSA) is 75.7 Å². The second-order valence-corrected chi connectivity index (χ2v) is 9.21. The lowest BCUT2D eigenvalue weighted by atomic mass is 10.1. The molecule has 0 fully saturated rings. The summed E-state index contributed by atoms with van der Waals surface area (Å²) in [4.78, 5) is 12.8. The number of carbonyl (C=O) groups excluding carboxylic acids is 1. The highest BCUT2D eigenvalue weighted by molar-refractivity contribution is 7.92. The molecule has 0 radical (unpaired) electrons. The number of aryl methyl sites for hydroxylation is 2. The molecule has 1 amide bonds. The number of nitrogens with one attached hydrogen (secondary N) is 1. The zero-order valence-corrected chi connectivity index (χ0v) is 19.0. The van der Waals surface area contributed by atoms with Gasteiger partial charge in [-0.2, -0.15) is 0 Å². The third-order valence-corrected chi connectivity index (χ3v) is 5.93. The Morgan fingerprint density at radius 1 is 1.07 bits per heavy atom. The van der Waals surface area contributed by atoms with Crippen molar-refractivity contribution in [1.82, 2.24) is 5.32 Å². The van der Waals surface area contributed by atoms with Crippen LogP contribution in [0, 0.1) is 6.92 Å². The summed E-state index contributed by atoms with van der Waals surface area (Å²) in [7, 11) is -3.63. The minimum absolute atomic E-state index is 0.289. The number of sulfonamides is 1. The van der Waals surface area contributed by atoms with E-state index in [4.69, 9.17) is 4.74 Å². The minimum Gasteiger partial charge on any atom is -0.492 e. The van der Waals surface area contributed by atoms with Gasteiger partial charge in [0, 0.05) is 0 Å². The maximum Gasteiger partial charge on any atom is 0.244 e. The first-order valence-electron chi connectivity index (χ1n) is 10.3. The lowest BCUT2D eigenvalue weighted by Crippen LogP contribution is -2.50. The third-order valence-electron chi connectivity index (χ3n) is 4.75. The first-order valence-corrected chi connectivity index (χ1v) is 12.2. The molecule has 164 valence electrons. The molecule has 0 aliphatic carbocycles. The van der Waals surface area contributed by atoms with Crippen LogP contribution in [0.2, 0.25) is 0 Å². The predicted octanol–water partition coefficient (Wildman–Crippen LogP) is 3.69. The number of benzene rings is 2. The average Bonchev–Trinajstić information content (AvgIpc) is 2.70. The Kier molecular flexibility index (Phi) is 8.72. The van der Waals surface area contributed by atoms with Crippen LogP contribution in [0.5, 0.6) is 5.75 Å². The molecule has 0 heterocycles. The molecular formula is C23H32N2O4S. The Bertz CT molecular complexity index is 909. The lowest BCUT2D eigenvalue weighted by Gasteiger charge is -2.30. The van der Waals surface area contributed by atoms with Crippen LogP contribution in [0.3, 0.4) is 0 Å². The molecule has 0 aromatic heterocycles. The van der Waals surface area contributed by atoms with Gasteiger partial charge in [0.25, 0.3) is 0 Å². The van der Waals surface area contributed by atoms with Gasteiger partial charge in [-0.05, 0) is 49.6 Å². The maximum absolute atomic E-state index is 12.8. The number of amides is 1. The molecule has 0 saturated heterocycles. The Morgan fingerprint density at radius 2 is 1.70 bits per heavy atom. The molecule has 2 aromatic carbocycles. The van der Waals surface area contributed by atoms with Gasteiger partial charge in [-0.1, -0.05) is 50.1 Å². The number of rotatable bonds is 11. The zero-order valence-electron chi connectivity index (χ0n) is 18.2. The number of ether oxygens (including phenoxy) is 1. The normalized spacial score (nSPS) is 12.3. The molecule has 1 atom stereocenters. The highest BCUT2D eigenvalue weighted by Gasteiger charge is 2.31. The van der Waals surface area contributed by atoms with Crippen LogP contribution in [-0.4, -0.2) is 39.8 Å². The second kappa shape index (κ2) is 11.0. The molecule has 7 heteroatoms. The first kappa shape index (κ1) is 23.7. The first-order chi connectivity index (χ1) is 14.3. The van der Waals surface area contributed by atoms with Crippen molar-refractivity contribution in [3.63, 3.8) is 0 Å². The summed E-state index contributed by atoms with van der Waals surface area (Å²) in [6, 6.07) is 14.2. The molecule has 0 spiro atoms. The van der Waals surface area contributed by atoms with Crippen LogP contribution < -0.4 is 14.4 Å². The Labute approximate surface area is 180 Å². The van der Waals surface area contributed by atoms with Gasteiger partial charge >= 0.3 is 0 Å². The largest absolute Gasteiger partial charge is 0.492 e. The summed E-state index contributed by atoms with van der Waals surface area (Å²) in [6.45, 7) is 6.46. The van der Waals surface area contributed by atoms with Gasteiger partial charge in [0.05, 0.1) is 18.5 Å². The van der Waals surface area contributed by atoms with E-state index < -0.39 is 16.1 Å². The van der Waals surface area contributed by atoms with Gasteiger partial charge in [-0.15, -0.1) is 0 Å². The van der Waals surface area contributed by atoms with E-state index in [0.29, 0.717) is 18.7 Å². The van der Waals surface area contributed by atoms with Crippen molar-refractivity contribution < 1.29 is 17.9 Å². The van der Waals surface area contributed by atoms with Crippen LogP contribution in [0.25, 0.3) is 0 Å². The predicted molar refractivity (Wildman–Crippen MR) is 122 cm³/mol. The minimum atomic E-state index is -3.63. The zero-order chi connectivity index (χ0) is 22.1. The van der Waals surface area contributed by atoms with Crippen LogP contribution in [-0.2, 0) is 21.2 Å². The average molecular weight is 433 g/mol. The molecule has 0 aliphatic heterocycles. The number of anilines is 1. The van der Waals surface area contributed by atoms with Gasteiger partial charge in [-0.25, -0.2) is 8.42 Å². The standard InChI is InChI=1S/C23H32N2O4S/c1-5-7-19-10-14-21(15-11-19)29-17-16-24-23(26)22(6-2)25(30(4,27)28)20-12-8-18(3)9-13-20/h8-15,22H,5-7,16-17H2,1-4H3,(H,24,26)/t22-/m1/s1. The molecule has 6 nitrogen and oxygen atoms in total. The van der Waals surface area contributed by atoms with E-state index in [2.05, 4.69) is 12.2 Å². The third kappa shape index (κ3) is 6.76. The quantitative estimate of drug-likeness (QED) is 0.550. The highest BCUT2D eigenvalue weighted by atomic mass is 32.2. The number of nitrogens with zero attached hydrogens (tertiary/aromatic N) is 1. The Morgan fingerprint density at radius 3 is 2.23 bits per heavy atom. The van der Waals surface area contributed by atoms with Crippen molar-refractivity contribution >= 4 is 21.6 Å². The lowest BCUT2D eigenvalue weighted by molar-refractivity contribution is -0.122. The Balaban J connectivity index is 1.97. The molecule has 30 heavy (non-hydrogen) atoms. The molecule has 0 aliphatic rings. The molecule has 1 N–H and O–H groups in total. The van der Waals surface area contributed by atoms with E-state index in [9.17, 15) is 13.2 Å². The van der Waals surface area contributed by atoms with Gasteiger partial charge in [0.15, 0.2) is 0 Å². The van der Waals surface area contributed by atoms with E-state index in [0.717, 1.165) is 30.4 Å². The van der Waals surface area contributed by atoms with Crippen molar-refractivity contribution in [2.45, 2.75) is 46.1 Å². The number of carbonyl (C=O) groups is 1. The van der Waals surface area contributed by atoms with Crippen molar-refractivity contribution in [3.8, 4) is 5.75 Å². The van der Waals surface area contributed by atoms with Crippen LogP contribution in [0.1, 0.15) is 37.8 Å². The van der Waals surface area contributed by atoms with E-state index in [1.807, 2.05) is 43.3 Å². The summed E-state index contributed by atoms with van der Waals surface area (Å²) in [5.41, 5.74) is 2.76. The maximum atomic E-state index is 12.8. The fraction of sp³-hybridized carbons (Fsp3) is 0.435. The SMILES string of the molecule is CCCc1ccc(OCCNC(=O)[C@@H](CC)N(c2ccc(C)cc2)S(C)(=O)=O)cc1. The number of hydrogen-bond donors (Lipinski definition) is 1. The van der Waals surface area contributed by atoms with E-state index in [1.165, 1.54) is 9.87 Å². The summed E-state index contributed by atoms with van der Waals surface area (Å²) < 4.78 is 31.7. The molecule has 0 bridgehead atoms. The fourth-order valence-electron chi connectivity index (χ4n) is 3.25. The second-order valence-electron chi connectivity index (χ2n) is 7.35. The monoisotopic (exact) mass is 432 g/mol. The van der Waals surface area contributed by atoms with E-state index >= 15 is 0 Å². The van der Waals surface area contributed by atoms with Crippen LogP contribution in [0.15, 0.2) is 48.5 Å². The summed E-state index contributed by atoms with van der Waals surface area (Å²) in [6.07, 6.45) is 3.60. The van der Waals surface area contributed by atoms with Crippen molar-refractivity contribution in [3.05, 3.63) is 59.7 Å². The molecule has 2 rings (SSSR count). The van der Waals surface area contributed by atoms with Crippen molar-refractivity contribution in [2.75, 3.05) is 23.7 Å². The highest BCUT2D eigenvalue weighted by Crippen LogP contribution is 2.23. The van der Waals surface area contributed by atoms with E-state index in [-0.39, 0.29) is 12.5 Å². The Hall–Kier alpha value is -2.54. The molecule has 0 unspecified atom stereocenters. The smallest absolute Gasteiger partial charge is 0.244 e. The van der Waals surface area contributed by atoms with E-state index in [1.54, 1.807) is 19.1 Å². The summed E-state index contributed by atoms with van der Waals surface area (Å²) in [5.74, 6) is 0.402. The van der Waals surface area contributed by atoms with Crippen molar-refractivity contribution in [2.24, 2.45) is 0 Å². The van der Waals surface area contributed by atoms with Gasteiger partial charge < -0.3 is 10.1 Å². The van der Waals surface area contributed by atoms with Crippen LogP contribution in [0.4, 0.5) is 5.69 Å². The molecule has 2 aromatic rings. The van der Waals surface area contributed by atoms with Gasteiger partial charge in [0.1, 0.15) is 18.4 Å². The summed E-state index contributed by atoms with van der Waals surface area (Å²) in [5, 5.41) is 2.80. The van der Waals surface area contributed by atoms with Gasteiger partial charge in [-0.3, -0.25) is 9.10 Å². The molecular weight excluding hydrogens is 400 g/mol. The number of hydrogen-bond acceptors (Lipinski definition) is 4. The van der Waals surface area contributed by atoms with Crippen LogP contribution >= 0.6 is 0 Å².